The van der Waals surface area contributed by atoms with Crippen LogP contribution in [0, 0.1) is 35.5 Å². The van der Waals surface area contributed by atoms with Crippen LogP contribution in [-0.4, -0.2) is 129 Å². The SMILES string of the molecule is C=C(N[C@@H](CC(C)C)C(=O)N[C@H](CCC(N)=O)C(=O)N[C@@H](CC(C)C)C(=O)N[C@@H](C(=O)N[C@H](C(=O)N[C@H](CC(C)C)C(=O)N[C@@H](CC(C)C)C(=O)O)C(C)C)[C@@H](C)O)[C@H](CC(C)C)NC(=O)C[C@H](O)CCCCCCC. The largest absolute Gasteiger partial charge is 0.480 e. The van der Waals surface area contributed by atoms with E-state index in [0.29, 0.717) is 18.5 Å². The first-order valence-electron chi connectivity index (χ1n) is 27.7. The van der Waals surface area contributed by atoms with Gasteiger partial charge in [-0.05, 0) is 87.4 Å². The van der Waals surface area contributed by atoms with Gasteiger partial charge >= 0.3 is 5.97 Å². The number of hydrogen-bond acceptors (Lipinski definition) is 12. The van der Waals surface area contributed by atoms with Crippen LogP contribution in [0.1, 0.15) is 187 Å². The van der Waals surface area contributed by atoms with Crippen molar-refractivity contribution < 1.29 is 58.5 Å². The highest BCUT2D eigenvalue weighted by molar-refractivity contribution is 5.97. The fraction of sp³-hybridized carbons (Fsp3) is 0.800. The second-order valence-electron chi connectivity index (χ2n) is 23.1. The van der Waals surface area contributed by atoms with Crippen molar-refractivity contribution in [2.75, 3.05) is 0 Å². The van der Waals surface area contributed by atoms with Gasteiger partial charge in [-0.1, -0.05) is 129 Å². The number of aliphatic hydroxyl groups is 2. The van der Waals surface area contributed by atoms with Gasteiger partial charge in [0, 0.05) is 12.1 Å². The Kier molecular flexibility index (Phi) is 34.1. The summed E-state index contributed by atoms with van der Waals surface area (Å²) >= 11 is 0. The van der Waals surface area contributed by atoms with Gasteiger partial charge in [0.2, 0.25) is 47.3 Å². The number of hydrogen-bond donors (Lipinski definition) is 12. The molecule has 0 aromatic carbocycles. The normalized spacial score (nSPS) is 15.6. The van der Waals surface area contributed by atoms with E-state index in [1.165, 1.54) is 6.92 Å². The second kappa shape index (κ2) is 36.7. The Labute approximate surface area is 453 Å². The molecule has 21 nitrogen and oxygen atoms in total. The minimum Gasteiger partial charge on any atom is -0.480 e. The van der Waals surface area contributed by atoms with Gasteiger partial charge < -0.3 is 63.6 Å². The zero-order chi connectivity index (χ0) is 58.6. The summed E-state index contributed by atoms with van der Waals surface area (Å²) < 4.78 is 0. The van der Waals surface area contributed by atoms with E-state index in [-0.39, 0.29) is 80.4 Å². The van der Waals surface area contributed by atoms with Crippen molar-refractivity contribution in [3.05, 3.63) is 12.3 Å². The van der Waals surface area contributed by atoms with Crippen LogP contribution in [0.5, 0.6) is 0 Å². The lowest BCUT2D eigenvalue weighted by Crippen LogP contribution is -2.62. The van der Waals surface area contributed by atoms with E-state index < -0.39 is 114 Å². The number of nitrogens with two attached hydrogens (primary N) is 1. The van der Waals surface area contributed by atoms with Gasteiger partial charge in [0.15, 0.2) is 0 Å². The Balaban J connectivity index is 6.53. The summed E-state index contributed by atoms with van der Waals surface area (Å²) in [7, 11) is 0. The Bertz CT molecular complexity index is 1860. The highest BCUT2D eigenvalue weighted by Gasteiger charge is 2.37. The van der Waals surface area contributed by atoms with E-state index in [1.54, 1.807) is 27.7 Å². The molecule has 0 bridgehead atoms. The van der Waals surface area contributed by atoms with E-state index in [4.69, 9.17) is 5.73 Å². The number of amides is 8. The predicted octanol–water partition coefficient (Wildman–Crippen LogP) is 3.58. The summed E-state index contributed by atoms with van der Waals surface area (Å²) in [6, 6.07) is -9.66. The highest BCUT2D eigenvalue weighted by atomic mass is 16.4. The number of carbonyl (C=O) groups is 9. The van der Waals surface area contributed by atoms with Gasteiger partial charge in [-0.2, -0.15) is 0 Å². The fourth-order valence-corrected chi connectivity index (χ4v) is 8.51. The van der Waals surface area contributed by atoms with E-state index in [1.807, 2.05) is 55.4 Å². The molecule has 0 saturated carbocycles. The maximum absolute atomic E-state index is 14.2. The molecule has 10 atom stereocenters. The number of primary amides is 1. The van der Waals surface area contributed by atoms with Gasteiger partial charge in [0.1, 0.15) is 42.3 Å². The van der Waals surface area contributed by atoms with E-state index in [2.05, 4.69) is 56.0 Å². The van der Waals surface area contributed by atoms with Gasteiger partial charge in [-0.25, -0.2) is 4.79 Å². The number of carboxylic acids is 1. The van der Waals surface area contributed by atoms with Crippen molar-refractivity contribution in [2.45, 2.75) is 247 Å². The smallest absolute Gasteiger partial charge is 0.326 e. The molecule has 0 aromatic rings. The number of carbonyl (C=O) groups excluding carboxylic acids is 8. The van der Waals surface area contributed by atoms with Gasteiger partial charge in [-0.15, -0.1) is 0 Å². The second-order valence-corrected chi connectivity index (χ2v) is 23.1. The van der Waals surface area contributed by atoms with Crippen molar-refractivity contribution >= 4 is 53.2 Å². The Morgan fingerprint density at radius 2 is 0.829 bits per heavy atom. The summed E-state index contributed by atoms with van der Waals surface area (Å²) in [5.41, 5.74) is 5.84. The van der Waals surface area contributed by atoms with Crippen LogP contribution < -0.4 is 48.3 Å². The Morgan fingerprint density at radius 1 is 0.447 bits per heavy atom. The third-order valence-electron chi connectivity index (χ3n) is 12.5. The van der Waals surface area contributed by atoms with Crippen molar-refractivity contribution in [3.8, 4) is 0 Å². The average molecular weight is 1080 g/mol. The lowest BCUT2D eigenvalue weighted by molar-refractivity contribution is -0.143. The minimum atomic E-state index is -1.66. The molecular weight excluding hydrogens is 979 g/mol. The van der Waals surface area contributed by atoms with Crippen LogP contribution in [0.15, 0.2) is 12.3 Å². The molecule has 0 aromatic heterocycles. The molecule has 8 amide bonds. The Morgan fingerprint density at radius 3 is 1.28 bits per heavy atom. The first-order chi connectivity index (χ1) is 35.3. The van der Waals surface area contributed by atoms with Crippen LogP contribution in [0.4, 0.5) is 0 Å². The maximum Gasteiger partial charge on any atom is 0.326 e. The van der Waals surface area contributed by atoms with Crippen LogP contribution in [0.2, 0.25) is 0 Å². The molecule has 0 spiro atoms. The van der Waals surface area contributed by atoms with Gasteiger partial charge in [-0.3, -0.25) is 38.4 Å². The van der Waals surface area contributed by atoms with E-state index >= 15 is 0 Å². The molecule has 0 aliphatic rings. The van der Waals surface area contributed by atoms with Crippen molar-refractivity contribution in [3.63, 3.8) is 0 Å². The maximum atomic E-state index is 14.2. The average Bonchev–Trinajstić information content (AvgIpc) is 3.28. The molecule has 0 rings (SSSR count). The minimum absolute atomic E-state index is 0.0226. The van der Waals surface area contributed by atoms with Crippen molar-refractivity contribution in [2.24, 2.45) is 41.2 Å². The zero-order valence-electron chi connectivity index (χ0n) is 48.4. The monoisotopic (exact) mass is 1080 g/mol. The molecule has 0 aliphatic carbocycles. The predicted molar refractivity (Wildman–Crippen MR) is 293 cm³/mol. The molecule has 13 N–H and O–H groups in total. The number of nitrogens with one attached hydrogen (secondary N) is 8. The number of unbranched alkanes of at least 4 members (excludes halogenated alkanes) is 4. The lowest BCUT2D eigenvalue weighted by atomic mass is 9.97. The molecule has 0 saturated heterocycles. The number of aliphatic carboxylic acids is 1. The topological polar surface area (TPSA) is 337 Å². The first kappa shape index (κ1) is 70.7. The van der Waals surface area contributed by atoms with E-state index in [0.717, 1.165) is 32.1 Å². The molecule has 0 unspecified atom stereocenters. The first-order valence-corrected chi connectivity index (χ1v) is 27.7. The van der Waals surface area contributed by atoms with Gasteiger partial charge in [0.25, 0.3) is 0 Å². The standard InChI is InChI=1S/C55H101N9O12/c1-16-17-18-19-20-21-38(66)29-46(68)58-40(24-30(2)3)36(14)57-41(25-31(4)5)50(70)59-39(22-23-45(56)67)49(69)60-43(27-33(8)9)52(72)64-48(37(15)65)54(74)63-47(35(12)13)53(73)61-42(26-32(6)7)51(71)62-44(55(75)76)28-34(10)11/h30-35,37-44,47-48,57,65-66H,14,16-29H2,1-13,15H3,(H2,56,67)(H,58,68)(H,59,70)(H,60,69)(H,61,73)(H,62,71)(H,63,74)(H,64,72)(H,75,76)/t37-,38-,39-,40+,41+,42-,43+,44+,47+,48-/m1/s1. The summed E-state index contributed by atoms with van der Waals surface area (Å²) in [5, 5.41) is 53.0. The quantitative estimate of drug-likeness (QED) is 0.0391. The van der Waals surface area contributed by atoms with Crippen LogP contribution in [-0.2, 0) is 43.2 Å². The fourth-order valence-electron chi connectivity index (χ4n) is 8.51. The third kappa shape index (κ3) is 29.8. The zero-order valence-corrected chi connectivity index (χ0v) is 48.4. The van der Waals surface area contributed by atoms with Gasteiger partial charge in [0.05, 0.1) is 24.7 Å². The molecule has 0 heterocycles. The molecule has 76 heavy (non-hydrogen) atoms. The Hall–Kier alpha value is -5.31. The molecule has 438 valence electrons. The lowest BCUT2D eigenvalue weighted by Gasteiger charge is -2.31. The third-order valence-corrected chi connectivity index (χ3v) is 12.5. The van der Waals surface area contributed by atoms with Crippen LogP contribution in [0.25, 0.3) is 0 Å². The van der Waals surface area contributed by atoms with E-state index in [9.17, 15) is 58.5 Å². The summed E-state index contributed by atoms with van der Waals surface area (Å²) in [4.78, 5) is 121. The van der Waals surface area contributed by atoms with Crippen molar-refractivity contribution in [1.82, 2.24) is 42.5 Å². The van der Waals surface area contributed by atoms with Crippen molar-refractivity contribution in [1.29, 1.82) is 0 Å². The number of rotatable bonds is 40. The molecule has 0 aliphatic heterocycles. The summed E-state index contributed by atoms with van der Waals surface area (Å²) in [6.45, 7) is 29.4. The van der Waals surface area contributed by atoms with Crippen LogP contribution >= 0.6 is 0 Å². The van der Waals surface area contributed by atoms with Crippen LogP contribution in [0.3, 0.4) is 0 Å². The molecule has 0 radical (unpaired) electrons. The number of aliphatic hydroxyl groups excluding tert-OH is 2. The molecule has 0 fully saturated rings. The highest BCUT2D eigenvalue weighted by Crippen LogP contribution is 2.17. The summed E-state index contributed by atoms with van der Waals surface area (Å²) in [5.74, 6) is -8.09. The molecular formula is C55H101N9O12. The summed E-state index contributed by atoms with van der Waals surface area (Å²) in [6.07, 6.45) is 3.60. The molecule has 21 heteroatoms. The number of carboxylic acid groups (broad SMARTS) is 1.